The smallest absolute Gasteiger partial charge is 0.250 e. The number of ether oxygens (including phenoxy) is 1. The van der Waals surface area contributed by atoms with Crippen molar-refractivity contribution in [3.05, 3.63) is 59.7 Å². The van der Waals surface area contributed by atoms with E-state index in [0.29, 0.717) is 24.5 Å². The standard InChI is InChI=1S/C17H16N2O3/c18-10-9-13-5-7-15(8-6-13)22-12-14-3-1-2-4-16(14)19-17(21)11-20/h1-8,20H,9,11-12H2,(H,19,21). The molecule has 1 amide bonds. The van der Waals surface area contributed by atoms with E-state index in [1.54, 1.807) is 12.1 Å². The van der Waals surface area contributed by atoms with Gasteiger partial charge in [0.2, 0.25) is 5.91 Å². The molecule has 0 fully saturated rings. The van der Waals surface area contributed by atoms with E-state index in [1.807, 2.05) is 36.4 Å². The SMILES string of the molecule is N#CCc1ccc(OCc2ccccc2NC(=O)CO)cc1. The molecule has 0 aliphatic heterocycles. The molecule has 0 radical (unpaired) electrons. The van der Waals surface area contributed by atoms with Gasteiger partial charge in [0, 0.05) is 11.3 Å². The van der Waals surface area contributed by atoms with Crippen LogP contribution in [-0.4, -0.2) is 17.6 Å². The summed E-state index contributed by atoms with van der Waals surface area (Å²) >= 11 is 0. The molecule has 2 aromatic rings. The van der Waals surface area contributed by atoms with E-state index >= 15 is 0 Å². The van der Waals surface area contributed by atoms with Crippen molar-refractivity contribution in [2.45, 2.75) is 13.0 Å². The van der Waals surface area contributed by atoms with Gasteiger partial charge >= 0.3 is 0 Å². The minimum absolute atomic E-state index is 0.291. The molecule has 2 rings (SSSR count). The summed E-state index contributed by atoms with van der Waals surface area (Å²) in [5.41, 5.74) is 2.36. The zero-order chi connectivity index (χ0) is 15.8. The first-order valence-corrected chi connectivity index (χ1v) is 6.80. The fourth-order valence-corrected chi connectivity index (χ4v) is 1.91. The zero-order valence-electron chi connectivity index (χ0n) is 12.0. The van der Waals surface area contributed by atoms with Crippen LogP contribution in [0.4, 0.5) is 5.69 Å². The normalized spacial score (nSPS) is 9.82. The summed E-state index contributed by atoms with van der Waals surface area (Å²) in [4.78, 5) is 11.3. The second-order valence-corrected chi connectivity index (χ2v) is 4.63. The van der Waals surface area contributed by atoms with Crippen LogP contribution in [-0.2, 0) is 17.8 Å². The molecule has 0 aliphatic rings. The summed E-state index contributed by atoms with van der Waals surface area (Å²) in [5, 5.41) is 20.0. The molecule has 5 heteroatoms. The maximum Gasteiger partial charge on any atom is 0.250 e. The Balaban J connectivity index is 2.02. The topological polar surface area (TPSA) is 82.3 Å². The first-order chi connectivity index (χ1) is 10.7. The van der Waals surface area contributed by atoms with Crippen molar-refractivity contribution in [1.29, 1.82) is 5.26 Å². The third kappa shape index (κ3) is 4.33. The number of hydrogen-bond acceptors (Lipinski definition) is 4. The lowest BCUT2D eigenvalue weighted by Gasteiger charge is -2.12. The second-order valence-electron chi connectivity index (χ2n) is 4.63. The minimum Gasteiger partial charge on any atom is -0.489 e. The minimum atomic E-state index is -0.560. The van der Waals surface area contributed by atoms with Crippen molar-refractivity contribution < 1.29 is 14.6 Å². The molecule has 0 aromatic heterocycles. The van der Waals surface area contributed by atoms with Gasteiger partial charge < -0.3 is 15.2 Å². The first-order valence-electron chi connectivity index (χ1n) is 6.80. The van der Waals surface area contributed by atoms with Crippen LogP contribution in [0, 0.1) is 11.3 Å². The number of nitrogens with zero attached hydrogens (tertiary/aromatic N) is 1. The highest BCUT2D eigenvalue weighted by molar-refractivity contribution is 5.92. The van der Waals surface area contributed by atoms with Crippen molar-refractivity contribution in [2.24, 2.45) is 0 Å². The van der Waals surface area contributed by atoms with Crippen molar-refractivity contribution in [2.75, 3.05) is 11.9 Å². The lowest BCUT2D eigenvalue weighted by molar-refractivity contribution is -0.118. The van der Waals surface area contributed by atoms with E-state index < -0.39 is 12.5 Å². The number of aliphatic hydroxyl groups is 1. The Labute approximate surface area is 128 Å². The number of nitrogens with one attached hydrogen (secondary N) is 1. The molecule has 2 N–H and O–H groups in total. The van der Waals surface area contributed by atoms with Gasteiger partial charge in [-0.15, -0.1) is 0 Å². The van der Waals surface area contributed by atoms with Crippen LogP contribution in [0.15, 0.2) is 48.5 Å². The molecule has 0 aliphatic carbocycles. The fourth-order valence-electron chi connectivity index (χ4n) is 1.91. The molecular weight excluding hydrogens is 280 g/mol. The Morgan fingerprint density at radius 3 is 2.59 bits per heavy atom. The van der Waals surface area contributed by atoms with Crippen molar-refractivity contribution in [3.8, 4) is 11.8 Å². The van der Waals surface area contributed by atoms with E-state index in [0.717, 1.165) is 11.1 Å². The van der Waals surface area contributed by atoms with Crippen LogP contribution < -0.4 is 10.1 Å². The highest BCUT2D eigenvalue weighted by Crippen LogP contribution is 2.19. The molecule has 0 unspecified atom stereocenters. The monoisotopic (exact) mass is 296 g/mol. The Kier molecular flexibility index (Phi) is 5.52. The molecular formula is C17H16N2O3. The number of benzene rings is 2. The third-order valence-electron chi connectivity index (χ3n) is 3.04. The zero-order valence-corrected chi connectivity index (χ0v) is 12.0. The number of carbonyl (C=O) groups excluding carboxylic acids is 1. The Morgan fingerprint density at radius 1 is 1.18 bits per heavy atom. The molecule has 0 saturated heterocycles. The van der Waals surface area contributed by atoms with E-state index in [9.17, 15) is 4.79 Å². The number of nitriles is 1. The van der Waals surface area contributed by atoms with E-state index in [-0.39, 0.29) is 0 Å². The van der Waals surface area contributed by atoms with Gasteiger partial charge in [-0.25, -0.2) is 0 Å². The van der Waals surface area contributed by atoms with Gasteiger partial charge in [-0.2, -0.15) is 5.26 Å². The largest absolute Gasteiger partial charge is 0.489 e. The van der Waals surface area contributed by atoms with Gasteiger partial charge in [0.1, 0.15) is 19.0 Å². The van der Waals surface area contributed by atoms with E-state index in [1.165, 1.54) is 0 Å². The number of amides is 1. The van der Waals surface area contributed by atoms with Gasteiger partial charge in [0.25, 0.3) is 0 Å². The lowest BCUT2D eigenvalue weighted by Crippen LogP contribution is -2.17. The van der Waals surface area contributed by atoms with Crippen LogP contribution in [0.25, 0.3) is 0 Å². The average Bonchev–Trinajstić information content (AvgIpc) is 2.55. The predicted octanol–water partition coefficient (Wildman–Crippen LogP) is 2.26. The summed E-state index contributed by atoms with van der Waals surface area (Å²) in [5.74, 6) is 0.221. The maximum atomic E-state index is 11.3. The molecule has 2 aromatic carbocycles. The lowest BCUT2D eigenvalue weighted by atomic mass is 10.1. The van der Waals surface area contributed by atoms with Crippen molar-refractivity contribution in [3.63, 3.8) is 0 Å². The summed E-state index contributed by atoms with van der Waals surface area (Å²) in [6.45, 7) is -0.269. The van der Waals surface area contributed by atoms with Gasteiger partial charge in [-0.05, 0) is 23.8 Å². The molecule has 0 bridgehead atoms. The van der Waals surface area contributed by atoms with Crippen LogP contribution in [0.1, 0.15) is 11.1 Å². The van der Waals surface area contributed by atoms with Gasteiger partial charge in [0.15, 0.2) is 0 Å². The summed E-state index contributed by atoms with van der Waals surface area (Å²) in [7, 11) is 0. The highest BCUT2D eigenvalue weighted by atomic mass is 16.5. The number of para-hydroxylation sites is 1. The molecule has 112 valence electrons. The summed E-state index contributed by atoms with van der Waals surface area (Å²) in [6.07, 6.45) is 0.371. The molecule has 5 nitrogen and oxygen atoms in total. The van der Waals surface area contributed by atoms with Crippen LogP contribution >= 0.6 is 0 Å². The van der Waals surface area contributed by atoms with Crippen LogP contribution in [0.3, 0.4) is 0 Å². The highest BCUT2D eigenvalue weighted by Gasteiger charge is 2.06. The predicted molar refractivity (Wildman–Crippen MR) is 82.2 cm³/mol. The third-order valence-corrected chi connectivity index (χ3v) is 3.04. The van der Waals surface area contributed by atoms with Gasteiger partial charge in [0.05, 0.1) is 12.5 Å². The van der Waals surface area contributed by atoms with Crippen LogP contribution in [0.5, 0.6) is 5.75 Å². The quantitative estimate of drug-likeness (QED) is 0.856. The number of carbonyl (C=O) groups is 1. The maximum absolute atomic E-state index is 11.3. The fraction of sp³-hybridized carbons (Fsp3) is 0.176. The number of hydrogen-bond donors (Lipinski definition) is 2. The van der Waals surface area contributed by atoms with Crippen LogP contribution in [0.2, 0.25) is 0 Å². The molecule has 0 spiro atoms. The summed E-state index contributed by atoms with van der Waals surface area (Å²) < 4.78 is 5.68. The van der Waals surface area contributed by atoms with Crippen molar-refractivity contribution in [1.82, 2.24) is 0 Å². The second kappa shape index (κ2) is 7.81. The van der Waals surface area contributed by atoms with Crippen molar-refractivity contribution >= 4 is 11.6 Å². The Bertz CT molecular complexity index is 675. The Hall–Kier alpha value is -2.84. The summed E-state index contributed by atoms with van der Waals surface area (Å²) in [6, 6.07) is 16.6. The molecule has 0 saturated carbocycles. The Morgan fingerprint density at radius 2 is 1.91 bits per heavy atom. The first kappa shape index (κ1) is 15.5. The van der Waals surface area contributed by atoms with E-state index in [2.05, 4.69) is 11.4 Å². The number of aliphatic hydroxyl groups excluding tert-OH is 1. The number of anilines is 1. The van der Waals surface area contributed by atoms with Gasteiger partial charge in [-0.3, -0.25) is 4.79 Å². The molecule has 22 heavy (non-hydrogen) atoms. The molecule has 0 atom stereocenters. The number of rotatable bonds is 6. The van der Waals surface area contributed by atoms with E-state index in [4.69, 9.17) is 15.1 Å². The van der Waals surface area contributed by atoms with Gasteiger partial charge in [-0.1, -0.05) is 30.3 Å². The molecule has 0 heterocycles. The average molecular weight is 296 g/mol.